The molecule has 0 bridgehead atoms. The smallest absolute Gasteiger partial charge is 0.0250 e. The molecular formula is C10H25N3O. The van der Waals surface area contributed by atoms with Gasteiger partial charge in [-0.15, -0.1) is 0 Å². The van der Waals surface area contributed by atoms with Crippen molar-refractivity contribution in [2.75, 3.05) is 54.4 Å². The maximum Gasteiger partial charge on any atom is 0.0250 e. The van der Waals surface area contributed by atoms with Crippen LogP contribution < -0.4 is 0 Å². The zero-order valence-corrected chi connectivity index (χ0v) is 10.0. The lowest BCUT2D eigenvalue weighted by Gasteiger charge is -2.17. The van der Waals surface area contributed by atoms with Gasteiger partial charge in [-0.1, -0.05) is 0 Å². The minimum atomic E-state index is 0.769. The summed E-state index contributed by atoms with van der Waals surface area (Å²) in [5.74, 6) is 0. The Morgan fingerprint density at radius 2 is 1.07 bits per heavy atom. The highest BCUT2D eigenvalue weighted by Gasteiger charge is 2.00. The molecule has 0 amide bonds. The second kappa shape index (κ2) is 8.17. The van der Waals surface area contributed by atoms with Crippen molar-refractivity contribution in [2.24, 2.45) is 0 Å². The van der Waals surface area contributed by atoms with Crippen LogP contribution in [0, 0.1) is 0 Å². The summed E-state index contributed by atoms with van der Waals surface area (Å²) in [4.78, 5) is 4.27. The van der Waals surface area contributed by atoms with Gasteiger partial charge < -0.3 is 15.0 Å². The normalized spacial score (nSPS) is 12.0. The zero-order valence-electron chi connectivity index (χ0n) is 10.0. The van der Waals surface area contributed by atoms with Crippen LogP contribution in [0.4, 0.5) is 0 Å². The van der Waals surface area contributed by atoms with E-state index in [0.717, 1.165) is 39.0 Å². The molecule has 0 atom stereocenters. The van der Waals surface area contributed by atoms with E-state index in [-0.39, 0.29) is 0 Å². The van der Waals surface area contributed by atoms with Crippen molar-refractivity contribution in [1.29, 1.82) is 0 Å². The molecule has 0 saturated heterocycles. The molecule has 4 heteroatoms. The largest absolute Gasteiger partial charge is 0.314 e. The quantitative estimate of drug-likeness (QED) is 0.585. The number of rotatable bonds is 8. The molecule has 14 heavy (non-hydrogen) atoms. The first kappa shape index (κ1) is 13.8. The second-order valence-corrected chi connectivity index (χ2v) is 4.27. The third kappa shape index (κ3) is 9.92. The molecule has 0 heterocycles. The van der Waals surface area contributed by atoms with Crippen LogP contribution >= 0.6 is 0 Å². The summed E-state index contributed by atoms with van der Waals surface area (Å²) in [5.41, 5.74) is 0. The van der Waals surface area contributed by atoms with Crippen molar-refractivity contribution < 1.29 is 5.21 Å². The standard InChI is InChI=1S/C10H25N3O/c1-11(2)7-5-9-13(14)10-6-8-12(3)4/h14H,5-10H2,1-4H3. The Balaban J connectivity index is 3.23. The van der Waals surface area contributed by atoms with Gasteiger partial charge in [0.25, 0.3) is 0 Å². The van der Waals surface area contributed by atoms with Gasteiger partial charge in [0.05, 0.1) is 0 Å². The lowest BCUT2D eigenvalue weighted by molar-refractivity contribution is -0.0931. The molecule has 0 aromatic heterocycles. The molecule has 0 aromatic carbocycles. The third-order valence-corrected chi connectivity index (χ3v) is 2.04. The minimum Gasteiger partial charge on any atom is -0.314 e. The lowest BCUT2D eigenvalue weighted by Crippen LogP contribution is -2.27. The van der Waals surface area contributed by atoms with Crippen LogP contribution in [0.3, 0.4) is 0 Å². The van der Waals surface area contributed by atoms with Crippen LogP contribution in [-0.4, -0.2) is 74.4 Å². The first-order valence-electron chi connectivity index (χ1n) is 5.25. The van der Waals surface area contributed by atoms with E-state index in [1.165, 1.54) is 5.06 Å². The van der Waals surface area contributed by atoms with Crippen LogP contribution in [-0.2, 0) is 0 Å². The predicted molar refractivity (Wildman–Crippen MR) is 59.7 cm³/mol. The topological polar surface area (TPSA) is 30.0 Å². The maximum atomic E-state index is 9.47. The summed E-state index contributed by atoms with van der Waals surface area (Å²) in [6.07, 6.45) is 2.04. The summed E-state index contributed by atoms with van der Waals surface area (Å²) in [5, 5.41) is 10.9. The van der Waals surface area contributed by atoms with Crippen molar-refractivity contribution in [3.63, 3.8) is 0 Å². The van der Waals surface area contributed by atoms with Crippen LogP contribution in [0.25, 0.3) is 0 Å². The molecular weight excluding hydrogens is 178 g/mol. The number of hydrogen-bond donors (Lipinski definition) is 1. The third-order valence-electron chi connectivity index (χ3n) is 2.04. The highest BCUT2D eigenvalue weighted by molar-refractivity contribution is 4.51. The molecule has 0 rings (SSSR count). The summed E-state index contributed by atoms with van der Waals surface area (Å²) >= 11 is 0. The molecule has 0 aliphatic carbocycles. The van der Waals surface area contributed by atoms with E-state index in [9.17, 15) is 5.21 Å². The first-order chi connectivity index (χ1) is 6.52. The average molecular weight is 203 g/mol. The first-order valence-corrected chi connectivity index (χ1v) is 5.25. The van der Waals surface area contributed by atoms with Gasteiger partial charge in [0.15, 0.2) is 0 Å². The molecule has 0 aromatic rings. The van der Waals surface area contributed by atoms with Gasteiger partial charge in [-0.05, 0) is 54.1 Å². The van der Waals surface area contributed by atoms with Crippen molar-refractivity contribution in [2.45, 2.75) is 12.8 Å². The zero-order chi connectivity index (χ0) is 11.0. The van der Waals surface area contributed by atoms with Gasteiger partial charge in [0.1, 0.15) is 0 Å². The van der Waals surface area contributed by atoms with Crippen LogP contribution in [0.1, 0.15) is 12.8 Å². The molecule has 0 aliphatic heterocycles. The van der Waals surface area contributed by atoms with Crippen molar-refractivity contribution in [3.05, 3.63) is 0 Å². The van der Waals surface area contributed by atoms with E-state index in [4.69, 9.17) is 0 Å². The number of nitrogens with zero attached hydrogens (tertiary/aromatic N) is 3. The van der Waals surface area contributed by atoms with Gasteiger partial charge in [-0.25, -0.2) is 0 Å². The lowest BCUT2D eigenvalue weighted by atomic mass is 10.3. The summed E-state index contributed by atoms with van der Waals surface area (Å²) in [6, 6.07) is 0. The Morgan fingerprint density at radius 3 is 1.36 bits per heavy atom. The summed E-state index contributed by atoms with van der Waals surface area (Å²) < 4.78 is 0. The number of hydrogen-bond acceptors (Lipinski definition) is 4. The van der Waals surface area contributed by atoms with Gasteiger partial charge in [0.2, 0.25) is 0 Å². The van der Waals surface area contributed by atoms with Crippen LogP contribution in [0.2, 0.25) is 0 Å². The molecule has 4 nitrogen and oxygen atoms in total. The molecule has 0 unspecified atom stereocenters. The van der Waals surface area contributed by atoms with Crippen LogP contribution in [0.5, 0.6) is 0 Å². The van der Waals surface area contributed by atoms with Crippen molar-refractivity contribution in [3.8, 4) is 0 Å². The molecule has 86 valence electrons. The minimum absolute atomic E-state index is 0.769. The Bertz CT molecular complexity index is 115. The predicted octanol–water partition coefficient (Wildman–Crippen LogP) is 0.581. The monoisotopic (exact) mass is 203 g/mol. The summed E-state index contributed by atoms with van der Waals surface area (Å²) in [6.45, 7) is 3.60. The van der Waals surface area contributed by atoms with Crippen molar-refractivity contribution in [1.82, 2.24) is 14.9 Å². The maximum absolute atomic E-state index is 9.47. The van der Waals surface area contributed by atoms with Gasteiger partial charge >= 0.3 is 0 Å². The fraction of sp³-hybridized carbons (Fsp3) is 1.00. The summed E-state index contributed by atoms with van der Waals surface area (Å²) in [7, 11) is 8.20. The van der Waals surface area contributed by atoms with Gasteiger partial charge in [0, 0.05) is 13.1 Å². The van der Waals surface area contributed by atoms with E-state index in [1.807, 2.05) is 28.2 Å². The van der Waals surface area contributed by atoms with Crippen LogP contribution in [0.15, 0.2) is 0 Å². The average Bonchev–Trinajstić information content (AvgIpc) is 2.02. The number of hydroxylamine groups is 2. The second-order valence-electron chi connectivity index (χ2n) is 4.27. The SMILES string of the molecule is CN(C)CCCN(O)CCCN(C)C. The molecule has 1 N–H and O–H groups in total. The fourth-order valence-corrected chi connectivity index (χ4v) is 1.25. The molecule has 0 aliphatic rings. The van der Waals surface area contributed by atoms with E-state index < -0.39 is 0 Å². The Labute approximate surface area is 88.1 Å². The highest BCUT2D eigenvalue weighted by Crippen LogP contribution is 1.92. The van der Waals surface area contributed by atoms with E-state index >= 15 is 0 Å². The van der Waals surface area contributed by atoms with Gasteiger partial charge in [-0.2, -0.15) is 5.06 Å². The van der Waals surface area contributed by atoms with E-state index in [2.05, 4.69) is 9.80 Å². The van der Waals surface area contributed by atoms with Gasteiger partial charge in [-0.3, -0.25) is 0 Å². The van der Waals surface area contributed by atoms with E-state index in [1.54, 1.807) is 0 Å². The molecule has 0 spiro atoms. The highest BCUT2D eigenvalue weighted by atomic mass is 16.5. The van der Waals surface area contributed by atoms with E-state index in [0.29, 0.717) is 0 Å². The Hall–Kier alpha value is -0.160. The Kier molecular flexibility index (Phi) is 8.08. The molecule has 0 radical (unpaired) electrons. The van der Waals surface area contributed by atoms with Crippen molar-refractivity contribution >= 4 is 0 Å². The molecule has 0 saturated carbocycles. The fourth-order valence-electron chi connectivity index (χ4n) is 1.25. The Morgan fingerprint density at radius 1 is 0.714 bits per heavy atom. The molecule has 0 fully saturated rings.